The molecule has 3 nitrogen and oxygen atoms in total. The summed E-state index contributed by atoms with van der Waals surface area (Å²) in [7, 11) is 0. The van der Waals surface area contributed by atoms with Gasteiger partial charge in [-0.25, -0.2) is 0 Å². The second kappa shape index (κ2) is 6.00. The maximum Gasteiger partial charge on any atom is 0.303 e. The lowest BCUT2D eigenvalue weighted by molar-refractivity contribution is -0.137. The zero-order valence-corrected chi connectivity index (χ0v) is 11.8. The minimum atomic E-state index is -0.707. The molecular weight excluding hydrogens is 264 g/mol. The highest BCUT2D eigenvalue weighted by molar-refractivity contribution is 6.04. The molecule has 0 saturated carbocycles. The third-order valence-corrected chi connectivity index (χ3v) is 3.80. The number of aliphatic carboxylic acids is 1. The molecule has 0 saturated heterocycles. The van der Waals surface area contributed by atoms with Crippen LogP contribution >= 0.6 is 0 Å². The van der Waals surface area contributed by atoms with Crippen LogP contribution in [0.15, 0.2) is 46.9 Å². The number of hydrogen-bond acceptors (Lipinski definition) is 2. The Bertz CT molecular complexity index is 770. The number of furan rings is 1. The van der Waals surface area contributed by atoms with Crippen molar-refractivity contribution >= 4 is 27.9 Å². The molecule has 0 radical (unpaired) electrons. The first-order valence-corrected chi connectivity index (χ1v) is 7.36. The number of unbranched alkanes of at least 4 members (excludes halogenated alkanes) is 2. The summed E-state index contributed by atoms with van der Waals surface area (Å²) in [5.74, 6) is -0.707. The molecule has 0 fully saturated rings. The van der Waals surface area contributed by atoms with Gasteiger partial charge >= 0.3 is 5.97 Å². The number of rotatable bonds is 6. The van der Waals surface area contributed by atoms with Crippen molar-refractivity contribution in [3.63, 3.8) is 0 Å². The maximum absolute atomic E-state index is 10.5. The zero-order valence-electron chi connectivity index (χ0n) is 11.8. The number of para-hydroxylation sites is 1. The monoisotopic (exact) mass is 282 g/mol. The van der Waals surface area contributed by atoms with E-state index in [1.807, 2.05) is 24.3 Å². The van der Waals surface area contributed by atoms with Crippen LogP contribution in [-0.4, -0.2) is 11.1 Å². The van der Waals surface area contributed by atoms with Crippen LogP contribution in [0.25, 0.3) is 21.9 Å². The van der Waals surface area contributed by atoms with Crippen molar-refractivity contribution in [1.29, 1.82) is 0 Å². The lowest BCUT2D eigenvalue weighted by Gasteiger charge is -2.01. The van der Waals surface area contributed by atoms with Gasteiger partial charge in [-0.2, -0.15) is 0 Å². The Labute approximate surface area is 123 Å². The number of carboxylic acids is 1. The van der Waals surface area contributed by atoms with Gasteiger partial charge in [-0.3, -0.25) is 4.79 Å². The van der Waals surface area contributed by atoms with E-state index in [0.29, 0.717) is 0 Å². The predicted octanol–water partition coefficient (Wildman–Crippen LogP) is 4.77. The van der Waals surface area contributed by atoms with Crippen LogP contribution in [0.2, 0.25) is 0 Å². The highest BCUT2D eigenvalue weighted by atomic mass is 16.4. The van der Waals surface area contributed by atoms with Gasteiger partial charge in [0.05, 0.1) is 0 Å². The third kappa shape index (κ3) is 3.07. The summed E-state index contributed by atoms with van der Waals surface area (Å²) in [4.78, 5) is 10.5. The number of fused-ring (bicyclic) bond motifs is 3. The molecule has 0 aliphatic rings. The number of aryl methyl sites for hydroxylation is 1. The van der Waals surface area contributed by atoms with Crippen LogP contribution < -0.4 is 0 Å². The van der Waals surface area contributed by atoms with E-state index in [-0.39, 0.29) is 6.42 Å². The molecule has 2 aromatic carbocycles. The molecule has 0 amide bonds. The average Bonchev–Trinajstić information content (AvgIpc) is 2.84. The van der Waals surface area contributed by atoms with Gasteiger partial charge in [-0.1, -0.05) is 30.7 Å². The van der Waals surface area contributed by atoms with Crippen LogP contribution in [0, 0.1) is 0 Å². The molecule has 1 heterocycles. The first kappa shape index (κ1) is 13.7. The Hall–Kier alpha value is -2.29. The molecule has 0 atom stereocenters. The third-order valence-electron chi connectivity index (χ3n) is 3.80. The Morgan fingerprint density at radius 3 is 2.62 bits per heavy atom. The van der Waals surface area contributed by atoms with Gasteiger partial charge in [-0.05, 0) is 43.0 Å². The Morgan fingerprint density at radius 1 is 0.952 bits per heavy atom. The van der Waals surface area contributed by atoms with Crippen molar-refractivity contribution in [2.75, 3.05) is 0 Å². The lowest BCUT2D eigenvalue weighted by Crippen LogP contribution is -1.94. The zero-order chi connectivity index (χ0) is 14.7. The second-order valence-electron chi connectivity index (χ2n) is 5.38. The summed E-state index contributed by atoms with van der Waals surface area (Å²) < 4.78 is 5.81. The smallest absolute Gasteiger partial charge is 0.303 e. The molecule has 0 aliphatic heterocycles. The predicted molar refractivity (Wildman–Crippen MR) is 83.5 cm³/mol. The van der Waals surface area contributed by atoms with E-state index in [4.69, 9.17) is 9.52 Å². The lowest BCUT2D eigenvalue weighted by atomic mass is 10.0. The maximum atomic E-state index is 10.5. The van der Waals surface area contributed by atoms with Crippen LogP contribution in [0.1, 0.15) is 31.2 Å². The van der Waals surface area contributed by atoms with Crippen molar-refractivity contribution in [3.8, 4) is 0 Å². The standard InChI is InChI=1S/C18H18O3/c19-18(20)9-3-1-2-6-13-10-11-17-15(12-13)14-7-4-5-8-16(14)21-17/h4-5,7-8,10-12H,1-3,6,9H2,(H,19,20). The summed E-state index contributed by atoms with van der Waals surface area (Å²) in [5, 5.41) is 10.9. The van der Waals surface area contributed by atoms with Crippen molar-refractivity contribution in [1.82, 2.24) is 0 Å². The molecule has 0 unspecified atom stereocenters. The summed E-state index contributed by atoms with van der Waals surface area (Å²) in [6, 6.07) is 14.4. The van der Waals surface area contributed by atoms with Gasteiger partial charge in [0.2, 0.25) is 0 Å². The first-order chi connectivity index (χ1) is 10.2. The van der Waals surface area contributed by atoms with E-state index in [9.17, 15) is 4.79 Å². The highest BCUT2D eigenvalue weighted by Crippen LogP contribution is 2.29. The molecule has 0 aliphatic carbocycles. The average molecular weight is 282 g/mol. The quantitative estimate of drug-likeness (QED) is 0.662. The molecule has 3 rings (SSSR count). The van der Waals surface area contributed by atoms with E-state index in [1.165, 1.54) is 5.56 Å². The van der Waals surface area contributed by atoms with E-state index < -0.39 is 5.97 Å². The van der Waals surface area contributed by atoms with E-state index in [0.717, 1.165) is 47.6 Å². The first-order valence-electron chi connectivity index (χ1n) is 7.36. The molecule has 1 N–H and O–H groups in total. The largest absolute Gasteiger partial charge is 0.481 e. The molecule has 0 spiro atoms. The SMILES string of the molecule is O=C(O)CCCCCc1ccc2oc3ccccc3c2c1. The number of benzene rings is 2. The van der Waals surface area contributed by atoms with Crippen LogP contribution in [0.3, 0.4) is 0 Å². The normalized spacial score (nSPS) is 11.2. The van der Waals surface area contributed by atoms with Crippen LogP contribution in [0.5, 0.6) is 0 Å². The molecule has 0 bridgehead atoms. The van der Waals surface area contributed by atoms with Gasteiger partial charge in [-0.15, -0.1) is 0 Å². The minimum absolute atomic E-state index is 0.269. The molecule has 3 aromatic rings. The number of carboxylic acid groups (broad SMARTS) is 1. The summed E-state index contributed by atoms with van der Waals surface area (Å²) in [5.41, 5.74) is 3.13. The Kier molecular flexibility index (Phi) is 3.91. The van der Waals surface area contributed by atoms with Crippen molar-refractivity contribution < 1.29 is 14.3 Å². The minimum Gasteiger partial charge on any atom is -0.481 e. The van der Waals surface area contributed by atoms with Crippen LogP contribution in [-0.2, 0) is 11.2 Å². The number of hydrogen-bond donors (Lipinski definition) is 1. The Morgan fingerprint density at radius 2 is 1.76 bits per heavy atom. The number of carbonyl (C=O) groups is 1. The second-order valence-corrected chi connectivity index (χ2v) is 5.38. The van der Waals surface area contributed by atoms with Crippen molar-refractivity contribution in [2.45, 2.75) is 32.1 Å². The summed E-state index contributed by atoms with van der Waals surface area (Å²) in [6.45, 7) is 0. The van der Waals surface area contributed by atoms with Gasteiger partial charge in [0.25, 0.3) is 0 Å². The van der Waals surface area contributed by atoms with Gasteiger partial charge < -0.3 is 9.52 Å². The van der Waals surface area contributed by atoms with E-state index >= 15 is 0 Å². The fraction of sp³-hybridized carbons (Fsp3) is 0.278. The Balaban J connectivity index is 1.72. The fourth-order valence-corrected chi connectivity index (χ4v) is 2.71. The molecule has 1 aromatic heterocycles. The van der Waals surface area contributed by atoms with Crippen molar-refractivity contribution in [3.05, 3.63) is 48.0 Å². The fourth-order valence-electron chi connectivity index (χ4n) is 2.71. The van der Waals surface area contributed by atoms with Crippen LogP contribution in [0.4, 0.5) is 0 Å². The molecule has 3 heteroatoms. The van der Waals surface area contributed by atoms with Gasteiger partial charge in [0.1, 0.15) is 11.2 Å². The highest BCUT2D eigenvalue weighted by Gasteiger charge is 2.06. The molecular formula is C18H18O3. The van der Waals surface area contributed by atoms with Gasteiger partial charge in [0.15, 0.2) is 0 Å². The van der Waals surface area contributed by atoms with E-state index in [2.05, 4.69) is 18.2 Å². The topological polar surface area (TPSA) is 50.4 Å². The summed E-state index contributed by atoms with van der Waals surface area (Å²) in [6.07, 6.45) is 3.98. The molecule has 108 valence electrons. The van der Waals surface area contributed by atoms with Crippen molar-refractivity contribution in [2.24, 2.45) is 0 Å². The molecule has 21 heavy (non-hydrogen) atoms. The summed E-state index contributed by atoms with van der Waals surface area (Å²) >= 11 is 0. The van der Waals surface area contributed by atoms with E-state index in [1.54, 1.807) is 0 Å². The van der Waals surface area contributed by atoms with Gasteiger partial charge in [0, 0.05) is 17.2 Å².